The predicted molar refractivity (Wildman–Crippen MR) is 319 cm³/mol. The maximum Gasteiger partial charge on any atom is 0.333 e. The van der Waals surface area contributed by atoms with Gasteiger partial charge in [0.2, 0.25) is 10.8 Å². The number of hydrogen-bond acceptors (Lipinski definition) is 16. The smallest absolute Gasteiger partial charge is 0.333 e. The molecule has 0 bridgehead atoms. The van der Waals surface area contributed by atoms with E-state index >= 15 is 19.2 Å². The lowest BCUT2D eigenvalue weighted by atomic mass is 9.77. The molecular weight excluding hydrogens is 1210 g/mol. The molecule has 10 aromatic rings. The van der Waals surface area contributed by atoms with Crippen molar-refractivity contribution in [2.75, 3.05) is 0 Å². The summed E-state index contributed by atoms with van der Waals surface area (Å²) in [6.07, 6.45) is 2.44. The van der Waals surface area contributed by atoms with Gasteiger partial charge in [0, 0.05) is 54.3 Å². The van der Waals surface area contributed by atoms with Gasteiger partial charge in [0.25, 0.3) is 0 Å². The second-order valence-corrected chi connectivity index (χ2v) is 25.1. The highest BCUT2D eigenvalue weighted by molar-refractivity contribution is 7.34. The molecule has 432 valence electrons. The molecule has 14 rings (SSSR count). The minimum atomic E-state index is -2.55. The lowest BCUT2D eigenvalue weighted by Gasteiger charge is -2.27. The molecule has 0 N–H and O–H groups in total. The number of ketones is 4. The van der Waals surface area contributed by atoms with Gasteiger partial charge in [-0.25, -0.2) is 17.6 Å². The van der Waals surface area contributed by atoms with Crippen molar-refractivity contribution in [1.29, 1.82) is 0 Å². The number of carbonyl (C=O) groups is 8. The highest BCUT2D eigenvalue weighted by atomic mass is 32.1. The molecule has 0 aliphatic heterocycles. The highest BCUT2D eigenvalue weighted by Crippen LogP contribution is 2.67. The average Bonchev–Trinajstić information content (AvgIpc) is 1.50. The number of hydrogen-bond donors (Lipinski definition) is 0. The fourth-order valence-corrected chi connectivity index (χ4v) is 17.3. The molecule has 12 nitrogen and oxygen atoms in total. The molecule has 0 saturated heterocycles. The number of carbonyl (C=O) groups excluding carboxylic acids is 8. The number of halogens is 4. The van der Waals surface area contributed by atoms with Gasteiger partial charge < -0.3 is 18.9 Å². The topological polar surface area (TPSA) is 173 Å². The normalized spacial score (nSPS) is 14.5. The largest absolute Gasteiger partial charge is 0.459 e. The van der Waals surface area contributed by atoms with E-state index in [-0.39, 0.29) is 110 Å². The Morgan fingerprint density at radius 2 is 0.625 bits per heavy atom. The molecule has 0 amide bonds. The van der Waals surface area contributed by atoms with Crippen LogP contribution in [0.25, 0.3) is 41.1 Å². The van der Waals surface area contributed by atoms with Crippen LogP contribution in [-0.2, 0) is 75.4 Å². The Morgan fingerprint density at radius 3 is 0.886 bits per heavy atom. The van der Waals surface area contributed by atoms with Gasteiger partial charge in [-0.2, -0.15) is 0 Å². The first kappa shape index (κ1) is 56.0. The molecule has 6 aromatic carbocycles. The number of benzene rings is 6. The standard InChI is InChI=1S/C68H36F4O12S4/c69-47-25-39-40(26-48(47)70)54(74)43(53(39)73)21-37-23-45-57(85-37)59-51(67(45,63(77)81-29-33-13-5-1-6-14-33)64(78)82-30-34-15-7-2-8-16-34)61-62(87-59)52-60(88-61)58-46(24-38(86-58)22-44-55(75)41-27-49(71)50(72)28-42(41)56(44)76)68(52,65(79)83-31-35-17-9-3-10-18-35)66(80)84-32-36-19-11-4-12-20-36/h1-28H,29-32H2. The average molecular weight is 1250 g/mol. The van der Waals surface area contributed by atoms with Gasteiger partial charge in [-0.1, -0.05) is 121 Å². The molecule has 0 unspecified atom stereocenters. The van der Waals surface area contributed by atoms with Crippen molar-refractivity contribution in [3.63, 3.8) is 0 Å². The Hall–Kier alpha value is -9.86. The third kappa shape index (κ3) is 8.71. The molecule has 4 aliphatic carbocycles. The fourth-order valence-electron chi connectivity index (χ4n) is 11.6. The molecule has 20 heteroatoms. The van der Waals surface area contributed by atoms with Gasteiger partial charge in [0.15, 0.2) is 46.4 Å². The van der Waals surface area contributed by atoms with E-state index in [9.17, 15) is 36.7 Å². The van der Waals surface area contributed by atoms with Crippen molar-refractivity contribution in [2.24, 2.45) is 0 Å². The Bertz CT molecular complexity index is 4290. The van der Waals surface area contributed by atoms with Crippen LogP contribution in [0.4, 0.5) is 17.6 Å². The summed E-state index contributed by atoms with van der Waals surface area (Å²) in [5.74, 6) is -13.4. The van der Waals surface area contributed by atoms with Gasteiger partial charge in [0.1, 0.15) is 26.4 Å². The maximum atomic E-state index is 15.9. The van der Waals surface area contributed by atoms with E-state index in [1.165, 1.54) is 24.3 Å². The molecule has 4 aliphatic rings. The minimum absolute atomic E-state index is 0.0258. The summed E-state index contributed by atoms with van der Waals surface area (Å²) in [5, 5.41) is 0. The van der Waals surface area contributed by atoms with E-state index in [4.69, 9.17) is 18.9 Å². The predicted octanol–water partition coefficient (Wildman–Crippen LogP) is 14.1. The molecule has 4 heterocycles. The van der Waals surface area contributed by atoms with Crippen molar-refractivity contribution in [3.8, 4) is 19.5 Å². The third-order valence-electron chi connectivity index (χ3n) is 15.7. The van der Waals surface area contributed by atoms with Crippen LogP contribution in [0.3, 0.4) is 0 Å². The molecule has 0 radical (unpaired) electrons. The van der Waals surface area contributed by atoms with Crippen LogP contribution in [0.5, 0.6) is 0 Å². The van der Waals surface area contributed by atoms with Crippen molar-refractivity contribution < 1.29 is 74.9 Å². The molecule has 0 atom stereocenters. The number of fused-ring (bicyclic) bond motifs is 11. The van der Waals surface area contributed by atoms with Crippen molar-refractivity contribution in [3.05, 3.63) is 269 Å². The van der Waals surface area contributed by atoms with Gasteiger partial charge in [-0.15, -0.1) is 45.3 Å². The van der Waals surface area contributed by atoms with E-state index in [0.717, 1.165) is 45.3 Å². The molecular formula is C68H36F4O12S4. The van der Waals surface area contributed by atoms with Crippen LogP contribution in [0.15, 0.2) is 169 Å². The molecule has 0 fully saturated rings. The zero-order chi connectivity index (χ0) is 60.9. The summed E-state index contributed by atoms with van der Waals surface area (Å²) in [5.41, 5.74) is -5.09. The fraction of sp³-hybridized carbons (Fsp3) is 0.0882. The number of thiophene rings is 4. The molecule has 0 spiro atoms. The van der Waals surface area contributed by atoms with Crippen molar-refractivity contribution in [1.82, 2.24) is 0 Å². The van der Waals surface area contributed by atoms with E-state index in [2.05, 4.69) is 0 Å². The van der Waals surface area contributed by atoms with Gasteiger partial charge in [-0.3, -0.25) is 38.4 Å². The summed E-state index contributed by atoms with van der Waals surface area (Å²) >= 11 is 3.98. The Labute approximate surface area is 511 Å². The van der Waals surface area contributed by atoms with Gasteiger partial charge in [-0.05, 0) is 70.8 Å². The summed E-state index contributed by atoms with van der Waals surface area (Å²) < 4.78 is 83.5. The van der Waals surface area contributed by atoms with Crippen LogP contribution in [0.1, 0.15) is 95.7 Å². The minimum Gasteiger partial charge on any atom is -0.459 e. The Morgan fingerprint density at radius 1 is 0.364 bits per heavy atom. The van der Waals surface area contributed by atoms with E-state index < -0.39 is 92.3 Å². The van der Waals surface area contributed by atoms with Gasteiger partial charge >= 0.3 is 23.9 Å². The quantitative estimate of drug-likeness (QED) is 0.0252. The lowest BCUT2D eigenvalue weighted by Crippen LogP contribution is -2.46. The first-order valence-electron chi connectivity index (χ1n) is 26.9. The number of ether oxygens (including phenoxy) is 4. The summed E-state index contributed by atoms with van der Waals surface area (Å²) in [6, 6.07) is 40.0. The van der Waals surface area contributed by atoms with E-state index in [1.807, 2.05) is 0 Å². The number of Topliss-reactive ketones (excluding diaryl/α,β-unsaturated/α-hetero) is 4. The molecule has 0 saturated carbocycles. The maximum absolute atomic E-state index is 15.9. The zero-order valence-electron chi connectivity index (χ0n) is 45.0. The Balaban J connectivity index is 1.01. The van der Waals surface area contributed by atoms with Crippen LogP contribution in [0, 0.1) is 23.3 Å². The zero-order valence-corrected chi connectivity index (χ0v) is 48.3. The summed E-state index contributed by atoms with van der Waals surface area (Å²) in [4.78, 5) is 120. The van der Waals surface area contributed by atoms with Crippen LogP contribution in [0.2, 0.25) is 0 Å². The molecule has 88 heavy (non-hydrogen) atoms. The number of allylic oxidation sites excluding steroid dienone is 2. The summed E-state index contributed by atoms with van der Waals surface area (Å²) in [6.45, 7) is -1.38. The van der Waals surface area contributed by atoms with Crippen molar-refractivity contribution >= 4 is 114 Å². The number of esters is 4. The second-order valence-electron chi connectivity index (χ2n) is 20.9. The van der Waals surface area contributed by atoms with E-state index in [1.54, 1.807) is 121 Å². The van der Waals surface area contributed by atoms with Crippen LogP contribution >= 0.6 is 45.3 Å². The Kier molecular flexibility index (Phi) is 13.7. The summed E-state index contributed by atoms with van der Waals surface area (Å²) in [7, 11) is 0. The van der Waals surface area contributed by atoms with Crippen LogP contribution in [-0.4, -0.2) is 47.0 Å². The first-order valence-corrected chi connectivity index (χ1v) is 30.2. The van der Waals surface area contributed by atoms with Gasteiger partial charge in [0.05, 0.1) is 40.1 Å². The van der Waals surface area contributed by atoms with E-state index in [0.29, 0.717) is 46.5 Å². The SMILES string of the molecule is O=C1C(=Cc2cc3c(s2)-c2sc4c5c(sc4c2C3(C(=O)OCc2ccccc2)C(=O)OCc2ccccc2)-c2sc(C=C3C(=O)c4cc(F)c(F)cc4C3=O)cc2C5(C(=O)OCc2ccccc2)C(=O)OCc2ccccc2)C(=O)c2cc(F)c(F)cc21. The molecule has 4 aromatic heterocycles. The third-order valence-corrected chi connectivity index (χ3v) is 20.8. The first-order chi connectivity index (χ1) is 42.6. The number of rotatable bonds is 14. The van der Waals surface area contributed by atoms with Crippen molar-refractivity contribution in [2.45, 2.75) is 37.3 Å². The second kappa shape index (κ2) is 21.5. The van der Waals surface area contributed by atoms with Crippen LogP contribution < -0.4 is 0 Å². The highest BCUT2D eigenvalue weighted by Gasteiger charge is 2.65. The lowest BCUT2D eigenvalue weighted by molar-refractivity contribution is -0.166. The monoisotopic (exact) mass is 1250 g/mol.